The van der Waals surface area contributed by atoms with Crippen LogP contribution in [0.2, 0.25) is 0 Å². The Morgan fingerprint density at radius 1 is 0.969 bits per heavy atom. The summed E-state index contributed by atoms with van der Waals surface area (Å²) in [6.07, 6.45) is 0. The molecule has 3 aromatic rings. The predicted molar refractivity (Wildman–Crippen MR) is 125 cm³/mol. The van der Waals surface area contributed by atoms with Crippen molar-refractivity contribution in [3.8, 4) is 0 Å². The van der Waals surface area contributed by atoms with E-state index >= 15 is 0 Å². The number of benzene rings is 2. The molecule has 170 valence electrons. The highest BCUT2D eigenvalue weighted by Gasteiger charge is 2.29. The Hall–Kier alpha value is -2.90. The number of hydrogen-bond acceptors (Lipinski definition) is 4. The highest BCUT2D eigenvalue weighted by molar-refractivity contribution is 7.89. The van der Waals surface area contributed by atoms with Crippen molar-refractivity contribution in [2.24, 2.45) is 0 Å². The lowest BCUT2D eigenvalue weighted by Gasteiger charge is -2.23. The van der Waals surface area contributed by atoms with Crippen LogP contribution in [-0.2, 0) is 27.8 Å². The molecule has 1 N–H and O–H groups in total. The van der Waals surface area contributed by atoms with E-state index in [2.05, 4.69) is 4.98 Å². The second kappa shape index (κ2) is 9.71. The van der Waals surface area contributed by atoms with Gasteiger partial charge in [-0.25, -0.2) is 13.2 Å². The second-order valence-electron chi connectivity index (χ2n) is 7.97. The summed E-state index contributed by atoms with van der Waals surface area (Å²) in [4.78, 5) is 15.9. The molecular formula is C25H30N2O4S. The third-order valence-electron chi connectivity index (χ3n) is 5.55. The minimum atomic E-state index is -3.79. The van der Waals surface area contributed by atoms with Crippen LogP contribution < -0.4 is 0 Å². The monoisotopic (exact) mass is 454 g/mol. The van der Waals surface area contributed by atoms with Gasteiger partial charge in [-0.05, 0) is 57.4 Å². The summed E-state index contributed by atoms with van der Waals surface area (Å²) >= 11 is 0. The van der Waals surface area contributed by atoms with Crippen LogP contribution in [-0.4, -0.2) is 30.3 Å². The standard InChI is InChI=1S/C25H30N2O4S/c1-6-31-25(28)24-19(4)22(26-20(24)5)16-27(15-21-13-11-17(2)12-14-21)32(29,30)23-10-8-7-9-18(23)3/h7-14,26H,6,15-16H2,1-5H3. The van der Waals surface area contributed by atoms with Gasteiger partial charge in [0.05, 0.1) is 23.6 Å². The van der Waals surface area contributed by atoms with Gasteiger partial charge in [0.25, 0.3) is 0 Å². The minimum absolute atomic E-state index is 0.108. The van der Waals surface area contributed by atoms with Crippen molar-refractivity contribution < 1.29 is 17.9 Å². The smallest absolute Gasteiger partial charge is 0.340 e. The number of aromatic amines is 1. The van der Waals surface area contributed by atoms with Crippen molar-refractivity contribution in [2.75, 3.05) is 6.61 Å². The Balaban J connectivity index is 2.04. The van der Waals surface area contributed by atoms with E-state index < -0.39 is 16.0 Å². The molecule has 0 spiro atoms. The summed E-state index contributed by atoms with van der Waals surface area (Å²) in [5, 5.41) is 0. The van der Waals surface area contributed by atoms with Gasteiger partial charge >= 0.3 is 5.97 Å². The fourth-order valence-corrected chi connectivity index (χ4v) is 5.39. The summed E-state index contributed by atoms with van der Waals surface area (Å²) in [7, 11) is -3.79. The SMILES string of the molecule is CCOC(=O)c1c(C)[nH]c(CN(Cc2ccc(C)cc2)S(=O)(=O)c2ccccc2C)c1C. The molecule has 0 unspecified atom stereocenters. The first-order valence-corrected chi connectivity index (χ1v) is 12.1. The largest absolute Gasteiger partial charge is 0.462 e. The number of esters is 1. The Bertz CT molecular complexity index is 1210. The highest BCUT2D eigenvalue weighted by atomic mass is 32.2. The molecule has 6 nitrogen and oxygen atoms in total. The third-order valence-corrected chi connectivity index (χ3v) is 7.50. The lowest BCUT2D eigenvalue weighted by Crippen LogP contribution is -2.31. The lowest BCUT2D eigenvalue weighted by molar-refractivity contribution is 0.0525. The highest BCUT2D eigenvalue weighted by Crippen LogP contribution is 2.26. The molecule has 32 heavy (non-hydrogen) atoms. The summed E-state index contributed by atoms with van der Waals surface area (Å²) in [6, 6.07) is 14.8. The fourth-order valence-electron chi connectivity index (χ4n) is 3.77. The molecule has 0 atom stereocenters. The van der Waals surface area contributed by atoms with Crippen molar-refractivity contribution in [1.82, 2.24) is 9.29 Å². The molecule has 0 fully saturated rings. The molecule has 0 bridgehead atoms. The Morgan fingerprint density at radius 2 is 1.62 bits per heavy atom. The van der Waals surface area contributed by atoms with Gasteiger partial charge in [-0.1, -0.05) is 48.0 Å². The van der Waals surface area contributed by atoms with Gasteiger partial charge < -0.3 is 9.72 Å². The molecule has 2 aromatic carbocycles. The molecule has 1 aromatic heterocycles. The minimum Gasteiger partial charge on any atom is -0.462 e. The van der Waals surface area contributed by atoms with Crippen molar-refractivity contribution in [2.45, 2.75) is 52.6 Å². The zero-order chi connectivity index (χ0) is 23.5. The van der Waals surface area contributed by atoms with Crippen LogP contribution in [0.15, 0.2) is 53.4 Å². The van der Waals surface area contributed by atoms with Gasteiger partial charge in [-0.3, -0.25) is 0 Å². The molecule has 3 rings (SSSR count). The number of carbonyl (C=O) groups excluding carboxylic acids is 1. The normalized spacial score (nSPS) is 11.7. The zero-order valence-corrected chi connectivity index (χ0v) is 20.0. The van der Waals surface area contributed by atoms with Gasteiger partial charge in [0.1, 0.15) is 0 Å². The van der Waals surface area contributed by atoms with Crippen LogP contribution in [0.3, 0.4) is 0 Å². The van der Waals surface area contributed by atoms with Crippen molar-refractivity contribution in [3.63, 3.8) is 0 Å². The van der Waals surface area contributed by atoms with Crippen LogP contribution >= 0.6 is 0 Å². The molecule has 1 heterocycles. The van der Waals surface area contributed by atoms with E-state index in [1.165, 1.54) is 4.31 Å². The van der Waals surface area contributed by atoms with E-state index in [-0.39, 0.29) is 24.6 Å². The fraction of sp³-hybridized carbons (Fsp3) is 0.320. The average Bonchev–Trinajstić information content (AvgIpc) is 3.02. The zero-order valence-electron chi connectivity index (χ0n) is 19.2. The number of nitrogens with one attached hydrogen (secondary N) is 1. The van der Waals surface area contributed by atoms with E-state index in [0.29, 0.717) is 28.1 Å². The maximum Gasteiger partial charge on any atom is 0.340 e. The van der Waals surface area contributed by atoms with Crippen molar-refractivity contribution >= 4 is 16.0 Å². The van der Waals surface area contributed by atoms with E-state index in [0.717, 1.165) is 11.1 Å². The molecule has 0 aliphatic carbocycles. The average molecular weight is 455 g/mol. The topological polar surface area (TPSA) is 79.5 Å². The molecule has 0 aliphatic heterocycles. The Morgan fingerprint density at radius 3 is 2.25 bits per heavy atom. The number of carbonyl (C=O) groups is 1. The lowest BCUT2D eigenvalue weighted by atomic mass is 10.1. The van der Waals surface area contributed by atoms with Crippen molar-refractivity contribution in [1.29, 1.82) is 0 Å². The van der Waals surface area contributed by atoms with E-state index in [1.807, 2.05) is 44.2 Å². The van der Waals surface area contributed by atoms with Gasteiger partial charge in [-0.15, -0.1) is 0 Å². The summed E-state index contributed by atoms with van der Waals surface area (Å²) in [5.41, 5.74) is 5.19. The first-order chi connectivity index (χ1) is 15.1. The number of nitrogens with zero attached hydrogens (tertiary/aromatic N) is 1. The Kier molecular flexibility index (Phi) is 7.21. The summed E-state index contributed by atoms with van der Waals surface area (Å²) < 4.78 is 34.0. The van der Waals surface area contributed by atoms with Crippen LogP contribution in [0.4, 0.5) is 0 Å². The summed E-state index contributed by atoms with van der Waals surface area (Å²) in [5.74, 6) is -0.406. The number of aromatic nitrogens is 1. The van der Waals surface area contributed by atoms with E-state index in [1.54, 1.807) is 39.0 Å². The number of ether oxygens (including phenoxy) is 1. The molecule has 0 saturated carbocycles. The van der Waals surface area contributed by atoms with Crippen LogP contribution in [0.1, 0.15) is 50.9 Å². The third kappa shape index (κ3) is 4.95. The first kappa shape index (κ1) is 23.8. The molecule has 0 saturated heterocycles. The van der Waals surface area contributed by atoms with Gasteiger partial charge in [-0.2, -0.15) is 4.31 Å². The maximum atomic E-state index is 13.7. The predicted octanol–water partition coefficient (Wildman–Crippen LogP) is 4.82. The van der Waals surface area contributed by atoms with E-state index in [9.17, 15) is 13.2 Å². The molecule has 0 amide bonds. The molecule has 7 heteroatoms. The van der Waals surface area contributed by atoms with Gasteiger partial charge in [0.2, 0.25) is 10.0 Å². The number of sulfonamides is 1. The van der Waals surface area contributed by atoms with Crippen LogP contribution in [0, 0.1) is 27.7 Å². The number of H-pyrrole nitrogens is 1. The van der Waals surface area contributed by atoms with Gasteiger partial charge in [0, 0.05) is 17.9 Å². The first-order valence-electron chi connectivity index (χ1n) is 10.6. The molecule has 0 aliphatic rings. The summed E-state index contributed by atoms with van der Waals surface area (Å²) in [6.45, 7) is 9.75. The van der Waals surface area contributed by atoms with Gasteiger partial charge in [0.15, 0.2) is 0 Å². The van der Waals surface area contributed by atoms with Crippen LogP contribution in [0.5, 0.6) is 0 Å². The second-order valence-corrected chi connectivity index (χ2v) is 9.88. The maximum absolute atomic E-state index is 13.7. The van der Waals surface area contributed by atoms with Crippen molar-refractivity contribution in [3.05, 3.63) is 87.7 Å². The Labute approximate surface area is 190 Å². The molecule has 0 radical (unpaired) electrons. The molecular weight excluding hydrogens is 424 g/mol. The van der Waals surface area contributed by atoms with E-state index in [4.69, 9.17) is 4.74 Å². The number of hydrogen-bond donors (Lipinski definition) is 1. The number of rotatable bonds is 8. The van der Waals surface area contributed by atoms with Crippen LogP contribution in [0.25, 0.3) is 0 Å². The number of aryl methyl sites for hydroxylation is 3. The quantitative estimate of drug-likeness (QED) is 0.495.